The molecule has 0 amide bonds. The number of rotatable bonds is 14. The van der Waals surface area contributed by atoms with Gasteiger partial charge in [-0.3, -0.25) is 0 Å². The third kappa shape index (κ3) is 12.3. The van der Waals surface area contributed by atoms with E-state index in [0.717, 1.165) is 0 Å². The van der Waals surface area contributed by atoms with Crippen molar-refractivity contribution >= 4 is 29.6 Å². The first-order chi connectivity index (χ1) is 10.9. The molecular weight excluding hydrogens is 287 g/mol. The van der Waals surface area contributed by atoms with Gasteiger partial charge in [0.15, 0.2) is 0 Å². The fourth-order valence-corrected chi connectivity index (χ4v) is 3.24. The molecule has 127 valence electrons. The van der Waals surface area contributed by atoms with Crippen LogP contribution in [0.15, 0.2) is 24.3 Å². The van der Waals surface area contributed by atoms with Crippen molar-refractivity contribution < 1.29 is 0 Å². The number of unbranched alkanes of at least 4 members (excludes halogenated alkanes) is 10. The second-order valence-electron chi connectivity index (χ2n) is 6.80. The first-order valence-corrected chi connectivity index (χ1v) is 9.95. The first kappa shape index (κ1) is 23.2. The van der Waals surface area contributed by atoms with Gasteiger partial charge in [-0.15, -0.1) is 0 Å². The normalized spacial score (nSPS) is 10.5. The van der Waals surface area contributed by atoms with Crippen LogP contribution in [0.4, 0.5) is 0 Å². The van der Waals surface area contributed by atoms with E-state index in [-0.39, 0.29) is 29.6 Å². The van der Waals surface area contributed by atoms with Crippen LogP contribution in [0.1, 0.15) is 102 Å². The van der Waals surface area contributed by atoms with Crippen molar-refractivity contribution in [3.63, 3.8) is 0 Å². The van der Waals surface area contributed by atoms with Gasteiger partial charge in [0, 0.05) is 29.6 Å². The predicted molar refractivity (Wildman–Crippen MR) is 106 cm³/mol. The minimum absolute atomic E-state index is 0. The second kappa shape index (κ2) is 17.1. The van der Waals surface area contributed by atoms with Crippen molar-refractivity contribution in [3.8, 4) is 0 Å². The van der Waals surface area contributed by atoms with E-state index in [1.165, 1.54) is 89.9 Å². The second-order valence-corrected chi connectivity index (χ2v) is 6.80. The Kier molecular flexibility index (Phi) is 17.2. The topological polar surface area (TPSA) is 0 Å². The summed E-state index contributed by atoms with van der Waals surface area (Å²) >= 11 is 0. The quantitative estimate of drug-likeness (QED) is 0.252. The molecule has 1 radical (unpaired) electrons. The zero-order valence-electron chi connectivity index (χ0n) is 16.2. The van der Waals surface area contributed by atoms with Gasteiger partial charge in [0.25, 0.3) is 0 Å². The van der Waals surface area contributed by atoms with Crippen molar-refractivity contribution in [2.45, 2.75) is 104 Å². The third-order valence-corrected chi connectivity index (χ3v) is 4.72. The van der Waals surface area contributed by atoms with Crippen molar-refractivity contribution in [2.75, 3.05) is 0 Å². The molecule has 1 aromatic carbocycles. The van der Waals surface area contributed by atoms with E-state index in [1.807, 2.05) is 0 Å². The zero-order valence-corrected chi connectivity index (χ0v) is 18.2. The van der Waals surface area contributed by atoms with E-state index >= 15 is 0 Å². The molecule has 0 aliphatic heterocycles. The molecule has 0 aliphatic rings. The minimum atomic E-state index is 0. The van der Waals surface area contributed by atoms with E-state index < -0.39 is 0 Å². The van der Waals surface area contributed by atoms with Crippen molar-refractivity contribution in [1.29, 1.82) is 0 Å². The number of aryl methyl sites for hydroxylation is 2. The standard InChI is InChI=1S/C22H38.Na/c1-3-5-7-9-11-13-17-21-19-15-16-20-22(21)18-14-12-10-8-6-4-2;/h15-16,19-20H,3-14,17-18H2,1-2H3;. The Morgan fingerprint density at radius 1 is 0.522 bits per heavy atom. The Morgan fingerprint density at radius 3 is 1.26 bits per heavy atom. The number of benzene rings is 1. The van der Waals surface area contributed by atoms with Gasteiger partial charge in [-0.05, 0) is 36.8 Å². The smallest absolute Gasteiger partial charge is 0 e. The molecule has 0 unspecified atom stereocenters. The zero-order chi connectivity index (χ0) is 15.9. The maximum absolute atomic E-state index is 2.36. The van der Waals surface area contributed by atoms with Gasteiger partial charge in [0.1, 0.15) is 0 Å². The minimum Gasteiger partial charge on any atom is -0.0654 e. The Bertz CT molecular complexity index is 324. The largest absolute Gasteiger partial charge is 0.0654 e. The molecule has 0 saturated heterocycles. The van der Waals surface area contributed by atoms with Gasteiger partial charge in [-0.25, -0.2) is 0 Å². The molecule has 0 atom stereocenters. The van der Waals surface area contributed by atoms with Crippen LogP contribution in [-0.4, -0.2) is 29.6 Å². The van der Waals surface area contributed by atoms with Gasteiger partial charge in [-0.1, -0.05) is 102 Å². The van der Waals surface area contributed by atoms with Crippen molar-refractivity contribution in [3.05, 3.63) is 35.4 Å². The Labute approximate surface area is 168 Å². The molecule has 0 spiro atoms. The van der Waals surface area contributed by atoms with Gasteiger partial charge in [0.2, 0.25) is 0 Å². The average Bonchev–Trinajstić information content (AvgIpc) is 2.55. The van der Waals surface area contributed by atoms with Crippen LogP contribution in [-0.2, 0) is 12.8 Å². The fourth-order valence-electron chi connectivity index (χ4n) is 3.24. The molecule has 0 N–H and O–H groups in total. The molecule has 0 fully saturated rings. The van der Waals surface area contributed by atoms with Crippen LogP contribution in [0.3, 0.4) is 0 Å². The third-order valence-electron chi connectivity index (χ3n) is 4.72. The predicted octanol–water partition coefficient (Wildman–Crippen LogP) is 7.11. The summed E-state index contributed by atoms with van der Waals surface area (Å²) in [5.41, 5.74) is 3.23. The van der Waals surface area contributed by atoms with E-state index in [1.54, 1.807) is 11.1 Å². The Morgan fingerprint density at radius 2 is 0.870 bits per heavy atom. The molecule has 0 nitrogen and oxygen atoms in total. The monoisotopic (exact) mass is 325 g/mol. The van der Waals surface area contributed by atoms with Gasteiger partial charge >= 0.3 is 0 Å². The Hall–Kier alpha value is 0.220. The summed E-state index contributed by atoms with van der Waals surface area (Å²) in [7, 11) is 0. The van der Waals surface area contributed by atoms with Crippen molar-refractivity contribution in [1.82, 2.24) is 0 Å². The molecule has 0 saturated carbocycles. The van der Waals surface area contributed by atoms with E-state index in [9.17, 15) is 0 Å². The number of hydrogen-bond donors (Lipinski definition) is 0. The van der Waals surface area contributed by atoms with E-state index in [2.05, 4.69) is 38.1 Å². The van der Waals surface area contributed by atoms with Gasteiger partial charge in [-0.2, -0.15) is 0 Å². The molecule has 1 heteroatoms. The van der Waals surface area contributed by atoms with E-state index in [0.29, 0.717) is 0 Å². The first-order valence-electron chi connectivity index (χ1n) is 9.95. The maximum Gasteiger partial charge on any atom is 0 e. The van der Waals surface area contributed by atoms with Crippen LogP contribution in [0.25, 0.3) is 0 Å². The van der Waals surface area contributed by atoms with Crippen LogP contribution in [0.5, 0.6) is 0 Å². The van der Waals surface area contributed by atoms with Crippen LogP contribution in [0, 0.1) is 0 Å². The molecule has 0 bridgehead atoms. The summed E-state index contributed by atoms with van der Waals surface area (Å²) in [6.07, 6.45) is 19.4. The molecule has 0 aliphatic carbocycles. The summed E-state index contributed by atoms with van der Waals surface area (Å²) in [4.78, 5) is 0. The molecule has 23 heavy (non-hydrogen) atoms. The molecule has 1 aromatic rings. The summed E-state index contributed by atoms with van der Waals surface area (Å²) in [6.45, 7) is 4.58. The SMILES string of the molecule is CCCCCCCCc1ccccc1CCCCCCCC.[Na]. The van der Waals surface area contributed by atoms with Crippen molar-refractivity contribution in [2.24, 2.45) is 0 Å². The van der Waals surface area contributed by atoms with Gasteiger partial charge in [0.05, 0.1) is 0 Å². The summed E-state index contributed by atoms with van der Waals surface area (Å²) in [5, 5.41) is 0. The molecule has 0 aromatic heterocycles. The summed E-state index contributed by atoms with van der Waals surface area (Å²) in [6, 6.07) is 9.16. The summed E-state index contributed by atoms with van der Waals surface area (Å²) in [5.74, 6) is 0. The van der Waals surface area contributed by atoms with Crippen LogP contribution >= 0.6 is 0 Å². The van der Waals surface area contributed by atoms with E-state index in [4.69, 9.17) is 0 Å². The maximum atomic E-state index is 2.36. The van der Waals surface area contributed by atoms with Crippen LogP contribution in [0.2, 0.25) is 0 Å². The van der Waals surface area contributed by atoms with Gasteiger partial charge < -0.3 is 0 Å². The fraction of sp³-hybridized carbons (Fsp3) is 0.727. The molecular formula is C22H38Na. The Balaban J connectivity index is 0.00000484. The number of hydrogen-bond acceptors (Lipinski definition) is 0. The van der Waals surface area contributed by atoms with Crippen LogP contribution < -0.4 is 0 Å². The summed E-state index contributed by atoms with van der Waals surface area (Å²) < 4.78 is 0. The molecule has 0 heterocycles. The average molecular weight is 326 g/mol. The molecule has 1 rings (SSSR count).